The first-order chi connectivity index (χ1) is 12.4. The molecule has 1 aliphatic carbocycles. The number of ether oxygens (including phenoxy) is 1. The molecule has 0 unspecified atom stereocenters. The maximum atomic E-state index is 13.1. The summed E-state index contributed by atoms with van der Waals surface area (Å²) in [5.74, 6) is 0.878. The smallest absolute Gasteiger partial charge is 0.416 e. The largest absolute Gasteiger partial charge is 0.496 e. The van der Waals surface area contributed by atoms with Gasteiger partial charge < -0.3 is 10.1 Å². The van der Waals surface area contributed by atoms with Crippen LogP contribution >= 0.6 is 15.9 Å². The minimum atomic E-state index is -4.34. The summed E-state index contributed by atoms with van der Waals surface area (Å²) in [7, 11) is 1.63. The van der Waals surface area contributed by atoms with Crippen LogP contribution in [0.2, 0.25) is 0 Å². The minimum Gasteiger partial charge on any atom is -0.496 e. The predicted molar refractivity (Wildman–Crippen MR) is 98.5 cm³/mol. The molecule has 4 rings (SSSR count). The van der Waals surface area contributed by atoms with Gasteiger partial charge in [0.05, 0.1) is 18.7 Å². The summed E-state index contributed by atoms with van der Waals surface area (Å²) in [6, 6.07) is 9.76. The second-order valence-corrected chi connectivity index (χ2v) is 7.58. The highest BCUT2D eigenvalue weighted by atomic mass is 79.9. The van der Waals surface area contributed by atoms with Crippen molar-refractivity contribution in [1.82, 2.24) is 0 Å². The molecule has 2 aliphatic rings. The van der Waals surface area contributed by atoms with Crippen LogP contribution in [-0.4, -0.2) is 7.11 Å². The average molecular weight is 424 g/mol. The summed E-state index contributed by atoms with van der Waals surface area (Å²) in [4.78, 5) is 0. The molecule has 2 aromatic carbocycles. The number of fused-ring (bicyclic) bond motifs is 3. The summed E-state index contributed by atoms with van der Waals surface area (Å²) < 4.78 is 45.8. The van der Waals surface area contributed by atoms with Crippen LogP contribution in [0.15, 0.2) is 53.0 Å². The van der Waals surface area contributed by atoms with Crippen molar-refractivity contribution in [3.8, 4) is 5.75 Å². The zero-order valence-electron chi connectivity index (χ0n) is 14.0. The fraction of sp³-hybridized carbons (Fsp3) is 0.300. The van der Waals surface area contributed by atoms with E-state index in [1.54, 1.807) is 7.11 Å². The number of alkyl halides is 3. The number of nitrogens with one attached hydrogen (secondary N) is 1. The van der Waals surface area contributed by atoms with Gasteiger partial charge in [-0.3, -0.25) is 0 Å². The predicted octanol–water partition coefficient (Wildman–Crippen LogP) is 6.30. The van der Waals surface area contributed by atoms with Gasteiger partial charge in [0.1, 0.15) is 5.75 Å². The Kier molecular flexibility index (Phi) is 4.26. The second kappa shape index (κ2) is 6.34. The lowest BCUT2D eigenvalue weighted by Gasteiger charge is -2.38. The molecular formula is C20H17BrF3NO. The number of allylic oxidation sites excluding steroid dienone is 2. The molecule has 26 heavy (non-hydrogen) atoms. The lowest BCUT2D eigenvalue weighted by atomic mass is 9.76. The number of halogens is 4. The van der Waals surface area contributed by atoms with Crippen molar-refractivity contribution in [2.24, 2.45) is 5.92 Å². The fourth-order valence-corrected chi connectivity index (χ4v) is 4.41. The summed E-state index contributed by atoms with van der Waals surface area (Å²) in [5.41, 5.74) is 1.86. The van der Waals surface area contributed by atoms with Gasteiger partial charge in [0.15, 0.2) is 0 Å². The average Bonchev–Trinajstić information content (AvgIpc) is 3.09. The van der Waals surface area contributed by atoms with E-state index in [-0.39, 0.29) is 17.9 Å². The number of hydrogen-bond donors (Lipinski definition) is 1. The van der Waals surface area contributed by atoms with Crippen LogP contribution in [0.3, 0.4) is 0 Å². The standard InChI is InChI=1S/C20H17BrF3NO/c1-26-18-8-6-12(21)10-16(18)19-14-4-2-3-13(14)15-9-11(20(22,23)24)5-7-17(15)25-19/h2-3,5-10,13-14,19,25H,4H2,1H3/t13-,14-,19+/m0/s1. The third-order valence-corrected chi connectivity index (χ3v) is 5.71. The maximum absolute atomic E-state index is 13.1. The van der Waals surface area contributed by atoms with Gasteiger partial charge >= 0.3 is 6.18 Å². The van der Waals surface area contributed by atoms with Crippen LogP contribution in [0, 0.1) is 5.92 Å². The first kappa shape index (κ1) is 17.5. The molecule has 6 heteroatoms. The van der Waals surface area contributed by atoms with Crippen molar-refractivity contribution in [2.45, 2.75) is 24.6 Å². The van der Waals surface area contributed by atoms with Crippen LogP contribution in [0.1, 0.15) is 35.1 Å². The molecule has 0 amide bonds. The third-order valence-electron chi connectivity index (χ3n) is 5.22. The van der Waals surface area contributed by atoms with E-state index in [9.17, 15) is 13.2 Å². The number of hydrogen-bond acceptors (Lipinski definition) is 2. The third kappa shape index (κ3) is 2.90. The van der Waals surface area contributed by atoms with Crippen molar-refractivity contribution in [3.63, 3.8) is 0 Å². The summed E-state index contributed by atoms with van der Waals surface area (Å²) in [6.45, 7) is 0. The summed E-state index contributed by atoms with van der Waals surface area (Å²) >= 11 is 3.50. The van der Waals surface area contributed by atoms with E-state index in [1.165, 1.54) is 12.1 Å². The molecule has 0 saturated carbocycles. The molecule has 3 atom stereocenters. The molecule has 1 heterocycles. The van der Waals surface area contributed by atoms with Crippen LogP contribution in [-0.2, 0) is 6.18 Å². The normalized spacial score (nSPS) is 24.0. The number of rotatable bonds is 2. The van der Waals surface area contributed by atoms with Crippen molar-refractivity contribution in [1.29, 1.82) is 0 Å². The molecule has 1 aliphatic heterocycles. The topological polar surface area (TPSA) is 21.3 Å². The van der Waals surface area contributed by atoms with E-state index in [1.807, 2.05) is 24.3 Å². The van der Waals surface area contributed by atoms with Gasteiger partial charge in [-0.1, -0.05) is 28.1 Å². The zero-order valence-corrected chi connectivity index (χ0v) is 15.6. The maximum Gasteiger partial charge on any atom is 0.416 e. The van der Waals surface area contributed by atoms with Crippen molar-refractivity contribution >= 4 is 21.6 Å². The Labute approximate surface area is 158 Å². The fourth-order valence-electron chi connectivity index (χ4n) is 4.03. The van der Waals surface area contributed by atoms with Crippen molar-refractivity contribution in [3.05, 3.63) is 69.7 Å². The van der Waals surface area contributed by atoms with Gasteiger partial charge in [0, 0.05) is 21.6 Å². The van der Waals surface area contributed by atoms with Crippen LogP contribution in [0.4, 0.5) is 18.9 Å². The molecule has 136 valence electrons. The molecule has 2 aromatic rings. The lowest BCUT2D eigenvalue weighted by Crippen LogP contribution is -2.29. The Bertz CT molecular complexity index is 878. The molecule has 1 N–H and O–H groups in total. The Morgan fingerprint density at radius 3 is 2.65 bits per heavy atom. The Morgan fingerprint density at radius 1 is 1.12 bits per heavy atom. The van der Waals surface area contributed by atoms with Crippen LogP contribution < -0.4 is 10.1 Å². The van der Waals surface area contributed by atoms with Gasteiger partial charge in [0.2, 0.25) is 0 Å². The SMILES string of the molecule is COc1ccc(Br)cc1[C@@H]1Nc2ccc(C(F)(F)F)cc2[C@H]2C=CC[C@@H]21. The van der Waals surface area contributed by atoms with Gasteiger partial charge in [-0.05, 0) is 54.3 Å². The summed E-state index contributed by atoms with van der Waals surface area (Å²) in [5, 5.41) is 3.46. The zero-order chi connectivity index (χ0) is 18.5. The monoisotopic (exact) mass is 423 g/mol. The molecule has 0 spiro atoms. The quantitative estimate of drug-likeness (QED) is 0.571. The molecule has 0 saturated heterocycles. The number of benzene rings is 2. The van der Waals surface area contributed by atoms with E-state index in [0.717, 1.165) is 34.0 Å². The lowest BCUT2D eigenvalue weighted by molar-refractivity contribution is -0.137. The molecule has 0 aromatic heterocycles. The van der Waals surface area contributed by atoms with E-state index in [2.05, 4.69) is 27.3 Å². The van der Waals surface area contributed by atoms with Gasteiger partial charge in [-0.15, -0.1) is 0 Å². The van der Waals surface area contributed by atoms with E-state index < -0.39 is 11.7 Å². The van der Waals surface area contributed by atoms with Crippen molar-refractivity contribution < 1.29 is 17.9 Å². The number of methoxy groups -OCH3 is 1. The van der Waals surface area contributed by atoms with E-state index >= 15 is 0 Å². The Morgan fingerprint density at radius 2 is 1.92 bits per heavy atom. The second-order valence-electron chi connectivity index (χ2n) is 6.66. The van der Waals surface area contributed by atoms with Gasteiger partial charge in [0.25, 0.3) is 0 Å². The first-order valence-electron chi connectivity index (χ1n) is 8.36. The Hall–Kier alpha value is -1.95. The highest BCUT2D eigenvalue weighted by Gasteiger charge is 2.40. The number of anilines is 1. The van der Waals surface area contributed by atoms with Crippen LogP contribution in [0.25, 0.3) is 0 Å². The minimum absolute atomic E-state index is 0.0355. The van der Waals surface area contributed by atoms with E-state index in [4.69, 9.17) is 4.74 Å². The highest BCUT2D eigenvalue weighted by Crippen LogP contribution is 2.52. The Balaban J connectivity index is 1.80. The molecule has 0 fully saturated rings. The van der Waals surface area contributed by atoms with Gasteiger partial charge in [-0.2, -0.15) is 13.2 Å². The highest BCUT2D eigenvalue weighted by molar-refractivity contribution is 9.10. The summed E-state index contributed by atoms with van der Waals surface area (Å²) in [6.07, 6.45) is 0.566. The van der Waals surface area contributed by atoms with E-state index in [0.29, 0.717) is 5.56 Å². The molecule has 0 bridgehead atoms. The van der Waals surface area contributed by atoms with Crippen molar-refractivity contribution in [2.75, 3.05) is 12.4 Å². The van der Waals surface area contributed by atoms with Crippen LogP contribution in [0.5, 0.6) is 5.75 Å². The first-order valence-corrected chi connectivity index (χ1v) is 9.15. The van der Waals surface area contributed by atoms with Gasteiger partial charge in [-0.25, -0.2) is 0 Å². The molecule has 2 nitrogen and oxygen atoms in total. The molecule has 0 radical (unpaired) electrons. The molecular weight excluding hydrogens is 407 g/mol.